The number of hydrogen-bond donors (Lipinski definition) is 2. The van der Waals surface area contributed by atoms with Gasteiger partial charge in [-0.3, -0.25) is 0 Å². The van der Waals surface area contributed by atoms with E-state index in [2.05, 4.69) is 25.6 Å². The van der Waals surface area contributed by atoms with Gasteiger partial charge >= 0.3 is 6.18 Å². The molecule has 2 aliphatic rings. The molecule has 0 radical (unpaired) electrons. The van der Waals surface area contributed by atoms with E-state index in [0.717, 1.165) is 51.1 Å². The molecular weight excluding hydrogens is 495 g/mol. The second-order valence-electron chi connectivity index (χ2n) is 9.51. The number of oxazole rings is 1. The summed E-state index contributed by atoms with van der Waals surface area (Å²) < 4.78 is 71.5. The van der Waals surface area contributed by atoms with Crippen molar-refractivity contribution in [3.8, 4) is 11.3 Å². The standard InChI is InChI=1S/C25H27F5N6O/c26-15-7-8-18(19(27)10-15)22-13-33-24(37-22)35-21-6-2-1-5-20(21)34-16-4-3-9-36(14-16)17-11-31-23(32-12-17)25(28,29)30/h7-8,10-13,16,20-21,34H,1-6,9,14H2,(H,33,35). The molecule has 2 aromatic heterocycles. The van der Waals surface area contributed by atoms with Crippen LogP contribution < -0.4 is 15.5 Å². The van der Waals surface area contributed by atoms with Crippen LogP contribution in [0.4, 0.5) is 33.7 Å². The van der Waals surface area contributed by atoms with Crippen LogP contribution in [0, 0.1) is 11.6 Å². The summed E-state index contributed by atoms with van der Waals surface area (Å²) in [5, 5.41) is 7.05. The number of anilines is 2. The summed E-state index contributed by atoms with van der Waals surface area (Å²) in [6.07, 6.45) is 5.07. The van der Waals surface area contributed by atoms with Gasteiger partial charge in [-0.15, -0.1) is 0 Å². The number of piperidine rings is 1. The average molecular weight is 523 g/mol. The molecule has 12 heteroatoms. The molecule has 0 amide bonds. The van der Waals surface area contributed by atoms with Crippen molar-refractivity contribution in [2.45, 2.75) is 62.8 Å². The third-order valence-electron chi connectivity index (χ3n) is 6.91. The zero-order chi connectivity index (χ0) is 26.0. The summed E-state index contributed by atoms with van der Waals surface area (Å²) in [7, 11) is 0. The first-order chi connectivity index (χ1) is 17.8. The molecule has 2 N–H and O–H groups in total. The van der Waals surface area contributed by atoms with Crippen molar-refractivity contribution in [1.29, 1.82) is 0 Å². The molecule has 3 heterocycles. The highest BCUT2D eigenvalue weighted by atomic mass is 19.4. The Hall–Kier alpha value is -3.28. The Bertz CT molecular complexity index is 1200. The van der Waals surface area contributed by atoms with E-state index in [1.807, 2.05) is 4.90 Å². The van der Waals surface area contributed by atoms with Gasteiger partial charge in [0.1, 0.15) is 11.6 Å². The molecule has 3 atom stereocenters. The van der Waals surface area contributed by atoms with Gasteiger partial charge in [0.15, 0.2) is 5.76 Å². The van der Waals surface area contributed by atoms with E-state index in [9.17, 15) is 22.0 Å². The van der Waals surface area contributed by atoms with Crippen molar-refractivity contribution in [3.05, 3.63) is 54.2 Å². The van der Waals surface area contributed by atoms with Crippen LogP contribution in [-0.4, -0.2) is 46.2 Å². The van der Waals surface area contributed by atoms with Crippen molar-refractivity contribution in [3.63, 3.8) is 0 Å². The van der Waals surface area contributed by atoms with E-state index < -0.39 is 23.6 Å². The third-order valence-corrected chi connectivity index (χ3v) is 6.91. The highest BCUT2D eigenvalue weighted by molar-refractivity contribution is 5.58. The molecule has 7 nitrogen and oxygen atoms in total. The maximum Gasteiger partial charge on any atom is 0.451 e. The second kappa shape index (κ2) is 10.6. The Labute approximate surface area is 210 Å². The molecule has 198 valence electrons. The Morgan fingerprint density at radius 2 is 1.68 bits per heavy atom. The topological polar surface area (TPSA) is 79.1 Å². The van der Waals surface area contributed by atoms with Crippen LogP contribution in [0.2, 0.25) is 0 Å². The van der Waals surface area contributed by atoms with Crippen molar-refractivity contribution in [1.82, 2.24) is 20.3 Å². The van der Waals surface area contributed by atoms with Gasteiger partial charge in [0.2, 0.25) is 5.82 Å². The number of benzene rings is 1. The van der Waals surface area contributed by atoms with E-state index >= 15 is 0 Å². The lowest BCUT2D eigenvalue weighted by Crippen LogP contribution is -2.55. The molecule has 3 unspecified atom stereocenters. The van der Waals surface area contributed by atoms with Crippen LogP contribution in [0.3, 0.4) is 0 Å². The molecule has 1 aromatic carbocycles. The summed E-state index contributed by atoms with van der Waals surface area (Å²) in [5.74, 6) is -2.32. The fourth-order valence-corrected chi connectivity index (χ4v) is 5.10. The van der Waals surface area contributed by atoms with Gasteiger partial charge in [0, 0.05) is 37.3 Å². The largest absolute Gasteiger partial charge is 0.451 e. The van der Waals surface area contributed by atoms with Crippen molar-refractivity contribution in [2.75, 3.05) is 23.3 Å². The number of halogens is 5. The van der Waals surface area contributed by atoms with Gasteiger partial charge in [0.25, 0.3) is 6.01 Å². The minimum Gasteiger partial charge on any atom is -0.423 e. The smallest absolute Gasteiger partial charge is 0.423 e. The molecule has 1 saturated heterocycles. The van der Waals surface area contributed by atoms with E-state index in [0.29, 0.717) is 12.2 Å². The number of rotatable bonds is 6. The molecule has 37 heavy (non-hydrogen) atoms. The summed E-state index contributed by atoms with van der Waals surface area (Å²) in [4.78, 5) is 13.2. The van der Waals surface area contributed by atoms with E-state index in [4.69, 9.17) is 4.42 Å². The maximum absolute atomic E-state index is 14.1. The zero-order valence-electron chi connectivity index (χ0n) is 19.9. The summed E-state index contributed by atoms with van der Waals surface area (Å²) in [6, 6.07) is 3.84. The van der Waals surface area contributed by atoms with Gasteiger partial charge in [0.05, 0.1) is 29.8 Å². The summed E-state index contributed by atoms with van der Waals surface area (Å²) in [5.41, 5.74) is 0.702. The number of nitrogens with zero attached hydrogens (tertiary/aromatic N) is 4. The van der Waals surface area contributed by atoms with Crippen molar-refractivity contribution < 1.29 is 26.4 Å². The monoisotopic (exact) mass is 522 g/mol. The first-order valence-electron chi connectivity index (χ1n) is 12.3. The Balaban J connectivity index is 1.22. The zero-order valence-corrected chi connectivity index (χ0v) is 19.9. The predicted octanol–water partition coefficient (Wildman–Crippen LogP) is 5.41. The molecule has 1 aliphatic carbocycles. The van der Waals surface area contributed by atoms with Gasteiger partial charge in [-0.25, -0.2) is 23.7 Å². The van der Waals surface area contributed by atoms with Crippen LogP contribution in [0.25, 0.3) is 11.3 Å². The van der Waals surface area contributed by atoms with E-state index in [-0.39, 0.29) is 35.5 Å². The molecule has 1 saturated carbocycles. The Morgan fingerprint density at radius 1 is 0.919 bits per heavy atom. The molecule has 5 rings (SSSR count). The average Bonchev–Trinajstić information content (AvgIpc) is 3.33. The molecule has 2 fully saturated rings. The van der Waals surface area contributed by atoms with Gasteiger partial charge in [-0.05, 0) is 37.8 Å². The lowest BCUT2D eigenvalue weighted by atomic mass is 9.89. The number of aromatic nitrogens is 3. The molecule has 1 aliphatic heterocycles. The lowest BCUT2D eigenvalue weighted by Gasteiger charge is -2.40. The van der Waals surface area contributed by atoms with E-state index in [1.165, 1.54) is 30.7 Å². The first-order valence-corrected chi connectivity index (χ1v) is 12.3. The van der Waals surface area contributed by atoms with Crippen LogP contribution in [0.1, 0.15) is 44.3 Å². The summed E-state index contributed by atoms with van der Waals surface area (Å²) >= 11 is 0. The van der Waals surface area contributed by atoms with Gasteiger partial charge in [-0.1, -0.05) is 12.8 Å². The number of nitrogens with one attached hydrogen (secondary N) is 2. The highest BCUT2D eigenvalue weighted by Crippen LogP contribution is 2.30. The molecule has 0 bridgehead atoms. The van der Waals surface area contributed by atoms with Crippen LogP contribution in [-0.2, 0) is 6.18 Å². The van der Waals surface area contributed by atoms with Crippen molar-refractivity contribution >= 4 is 11.7 Å². The molecular formula is C25H27F5N6O. The van der Waals surface area contributed by atoms with E-state index in [1.54, 1.807) is 0 Å². The molecule has 0 spiro atoms. The predicted molar refractivity (Wildman–Crippen MR) is 127 cm³/mol. The minimum absolute atomic E-state index is 0.0306. The maximum atomic E-state index is 14.1. The Kier molecular flexibility index (Phi) is 7.27. The Morgan fingerprint density at radius 3 is 2.41 bits per heavy atom. The minimum atomic E-state index is -4.57. The highest BCUT2D eigenvalue weighted by Gasteiger charge is 2.35. The second-order valence-corrected chi connectivity index (χ2v) is 9.51. The van der Waals surface area contributed by atoms with Crippen LogP contribution >= 0.6 is 0 Å². The van der Waals surface area contributed by atoms with Crippen molar-refractivity contribution in [2.24, 2.45) is 0 Å². The van der Waals surface area contributed by atoms with Gasteiger partial charge in [-0.2, -0.15) is 13.2 Å². The number of alkyl halides is 3. The lowest BCUT2D eigenvalue weighted by molar-refractivity contribution is -0.144. The normalized spacial score (nSPS) is 22.7. The van der Waals surface area contributed by atoms with Crippen LogP contribution in [0.15, 0.2) is 41.2 Å². The summed E-state index contributed by atoms with van der Waals surface area (Å²) in [6.45, 7) is 1.35. The molecule has 3 aromatic rings. The SMILES string of the molecule is Fc1ccc(-c2cnc(NC3CCCCC3NC3CCCN(c4cnc(C(F)(F)F)nc4)C3)o2)c(F)c1. The van der Waals surface area contributed by atoms with Crippen LogP contribution in [0.5, 0.6) is 0 Å². The third kappa shape index (κ3) is 6.00. The first kappa shape index (κ1) is 25.4. The fraction of sp³-hybridized carbons (Fsp3) is 0.480. The quantitative estimate of drug-likeness (QED) is 0.419. The number of hydrogen-bond acceptors (Lipinski definition) is 7. The fourth-order valence-electron chi connectivity index (χ4n) is 5.10. The van der Waals surface area contributed by atoms with Gasteiger partial charge < -0.3 is 20.0 Å².